The first kappa shape index (κ1) is 31.0. The first-order valence-electron chi connectivity index (χ1n) is 13.3. The molecule has 3 saturated heterocycles. The largest absolute Gasteiger partial charge is 0.481 e. The number of hydrogen-bond donors (Lipinski definition) is 5. The lowest BCUT2D eigenvalue weighted by molar-refractivity contribution is -0.170. The molecule has 0 radical (unpaired) electrons. The van der Waals surface area contributed by atoms with Crippen LogP contribution in [0.15, 0.2) is 12.4 Å². The van der Waals surface area contributed by atoms with Crippen LogP contribution >= 0.6 is 0 Å². The molecule has 13 heteroatoms. The maximum atomic E-state index is 11.3. The zero-order valence-electron chi connectivity index (χ0n) is 23.0. The van der Waals surface area contributed by atoms with Crippen molar-refractivity contribution in [2.75, 3.05) is 39.4 Å². The van der Waals surface area contributed by atoms with E-state index < -0.39 is 42.0 Å². The summed E-state index contributed by atoms with van der Waals surface area (Å²) in [5, 5.41) is 45.1. The van der Waals surface area contributed by atoms with Crippen molar-refractivity contribution < 1.29 is 44.7 Å². The van der Waals surface area contributed by atoms with Gasteiger partial charge in [0.15, 0.2) is 5.60 Å². The maximum Gasteiger partial charge on any atom is 0.336 e. The summed E-state index contributed by atoms with van der Waals surface area (Å²) in [6, 6.07) is 0.943. The highest BCUT2D eigenvalue weighted by Gasteiger charge is 2.50. The van der Waals surface area contributed by atoms with Crippen LogP contribution < -0.4 is 0 Å². The number of hydrogen-bond acceptors (Lipinski definition) is 9. The zero-order valence-corrected chi connectivity index (χ0v) is 23.0. The average molecular weight is 555 g/mol. The number of rotatable bonds is 10. The average Bonchev–Trinajstić information content (AvgIpc) is 3.34. The molecule has 1 aromatic heterocycles. The van der Waals surface area contributed by atoms with Crippen LogP contribution in [0, 0.1) is 5.41 Å². The number of carboxylic acids is 3. The quantitative estimate of drug-likeness (QED) is 0.267. The van der Waals surface area contributed by atoms with Crippen LogP contribution in [0.3, 0.4) is 0 Å². The summed E-state index contributed by atoms with van der Waals surface area (Å²) in [6.45, 7) is 10.8. The maximum absolute atomic E-state index is 11.3. The number of morpholine rings is 1. The standard InChI is InChI=1S/C20H34N4O2.C6H8O7/c1-19(2,14-23-8-10-26-11-9-23)15-24-16-4-5-17(24)13-20(25,12-16)18-21-6-7-22(18)3;7-3(8)1-6(13,5(11)12)2-4(9)10/h6-7,16-17,25H,4-5,8-15H2,1-3H3;13H,1-2H2,(H,7,8)(H,9,10)(H,11,12). The molecule has 3 aliphatic heterocycles. The van der Waals surface area contributed by atoms with Crippen molar-refractivity contribution in [2.24, 2.45) is 12.5 Å². The molecule has 0 amide bonds. The number of aromatic nitrogens is 2. The molecule has 13 nitrogen and oxygen atoms in total. The van der Waals surface area contributed by atoms with E-state index in [1.54, 1.807) is 6.20 Å². The zero-order chi connectivity index (χ0) is 29.0. The highest BCUT2D eigenvalue weighted by molar-refractivity contribution is 5.88. The number of aliphatic hydroxyl groups is 2. The highest BCUT2D eigenvalue weighted by Crippen LogP contribution is 2.46. The number of nitrogens with zero attached hydrogens (tertiary/aromatic N) is 4. The topological polar surface area (TPSA) is 186 Å². The van der Waals surface area contributed by atoms with E-state index in [1.807, 2.05) is 17.8 Å². The number of carbonyl (C=O) groups is 3. The van der Waals surface area contributed by atoms with Crippen LogP contribution in [0.5, 0.6) is 0 Å². The Kier molecular flexibility index (Phi) is 9.76. The number of piperidine rings is 1. The Morgan fingerprint density at radius 2 is 1.56 bits per heavy atom. The highest BCUT2D eigenvalue weighted by atomic mass is 16.5. The van der Waals surface area contributed by atoms with E-state index in [2.05, 4.69) is 28.6 Å². The van der Waals surface area contributed by atoms with E-state index in [9.17, 15) is 19.5 Å². The Labute approximate surface area is 228 Å². The molecule has 1 aromatic rings. The minimum atomic E-state index is -2.74. The summed E-state index contributed by atoms with van der Waals surface area (Å²) in [4.78, 5) is 40.2. The Balaban J connectivity index is 0.000000276. The van der Waals surface area contributed by atoms with Gasteiger partial charge in [0.1, 0.15) is 11.4 Å². The molecule has 0 aromatic carbocycles. The lowest BCUT2D eigenvalue weighted by Gasteiger charge is -2.47. The summed E-state index contributed by atoms with van der Waals surface area (Å²) in [6.07, 6.45) is 5.46. The van der Waals surface area contributed by atoms with Crippen LogP contribution in [0.25, 0.3) is 0 Å². The molecule has 0 spiro atoms. The number of fused-ring (bicyclic) bond motifs is 2. The monoisotopic (exact) mass is 554 g/mol. The van der Waals surface area contributed by atoms with Gasteiger partial charge in [-0.05, 0) is 31.1 Å². The second kappa shape index (κ2) is 12.3. The molecule has 4 rings (SSSR count). The van der Waals surface area contributed by atoms with E-state index in [1.165, 1.54) is 12.8 Å². The van der Waals surface area contributed by atoms with E-state index in [-0.39, 0.29) is 5.41 Å². The number of aryl methyl sites for hydroxylation is 1. The van der Waals surface area contributed by atoms with Gasteiger partial charge in [-0.1, -0.05) is 13.8 Å². The van der Waals surface area contributed by atoms with E-state index in [4.69, 9.17) is 25.2 Å². The fraction of sp³-hybridized carbons (Fsp3) is 0.769. The van der Waals surface area contributed by atoms with Crippen molar-refractivity contribution >= 4 is 17.9 Å². The van der Waals surface area contributed by atoms with E-state index in [0.717, 1.165) is 58.1 Å². The lowest BCUT2D eigenvalue weighted by atomic mass is 9.83. The lowest BCUT2D eigenvalue weighted by Crippen LogP contribution is -2.54. The minimum Gasteiger partial charge on any atom is -0.481 e. The second-order valence-electron chi connectivity index (χ2n) is 11.9. The second-order valence-corrected chi connectivity index (χ2v) is 11.9. The minimum absolute atomic E-state index is 0.247. The van der Waals surface area contributed by atoms with Crippen molar-refractivity contribution in [3.63, 3.8) is 0 Å². The van der Waals surface area contributed by atoms with Gasteiger partial charge in [0.2, 0.25) is 0 Å². The summed E-state index contributed by atoms with van der Waals surface area (Å²) in [7, 11) is 1.99. The molecule has 2 bridgehead atoms. The molecular weight excluding hydrogens is 512 g/mol. The molecule has 3 aliphatic rings. The molecule has 5 N–H and O–H groups in total. The van der Waals surface area contributed by atoms with Crippen LogP contribution in [0.2, 0.25) is 0 Å². The van der Waals surface area contributed by atoms with Gasteiger partial charge >= 0.3 is 17.9 Å². The Bertz CT molecular complexity index is 991. The number of aliphatic carboxylic acids is 3. The first-order chi connectivity index (χ1) is 18.1. The summed E-state index contributed by atoms with van der Waals surface area (Å²) >= 11 is 0. The van der Waals surface area contributed by atoms with Crippen LogP contribution in [0.4, 0.5) is 0 Å². The number of carboxylic acid groups (broad SMARTS) is 3. The third-order valence-corrected chi connectivity index (χ3v) is 7.81. The first-order valence-corrected chi connectivity index (χ1v) is 13.3. The van der Waals surface area contributed by atoms with Crippen molar-refractivity contribution in [1.29, 1.82) is 0 Å². The molecule has 2 atom stereocenters. The van der Waals surface area contributed by atoms with Gasteiger partial charge in [0, 0.05) is 57.7 Å². The van der Waals surface area contributed by atoms with Crippen molar-refractivity contribution in [2.45, 2.75) is 75.7 Å². The molecular formula is C26H42N4O9. The Morgan fingerprint density at radius 3 is 2.00 bits per heavy atom. The molecule has 0 aliphatic carbocycles. The van der Waals surface area contributed by atoms with Gasteiger partial charge in [0.05, 0.1) is 26.1 Å². The summed E-state index contributed by atoms with van der Waals surface area (Å²) in [5.74, 6) is -4.18. The van der Waals surface area contributed by atoms with Gasteiger partial charge in [-0.25, -0.2) is 9.78 Å². The van der Waals surface area contributed by atoms with Crippen LogP contribution in [0.1, 0.15) is 58.2 Å². The smallest absolute Gasteiger partial charge is 0.336 e. The van der Waals surface area contributed by atoms with Gasteiger partial charge in [-0.15, -0.1) is 0 Å². The van der Waals surface area contributed by atoms with E-state index in [0.29, 0.717) is 12.1 Å². The molecule has 3 fully saturated rings. The van der Waals surface area contributed by atoms with Gasteiger partial charge in [0.25, 0.3) is 0 Å². The van der Waals surface area contributed by atoms with Crippen molar-refractivity contribution in [3.8, 4) is 0 Å². The fourth-order valence-corrected chi connectivity index (χ4v) is 6.19. The normalized spacial score (nSPS) is 26.1. The predicted octanol–water partition coefficient (Wildman–Crippen LogP) is 0.344. The molecule has 4 heterocycles. The van der Waals surface area contributed by atoms with Gasteiger partial charge < -0.3 is 34.8 Å². The van der Waals surface area contributed by atoms with Gasteiger partial charge in [-0.3, -0.25) is 19.4 Å². The van der Waals surface area contributed by atoms with Crippen molar-refractivity contribution in [3.05, 3.63) is 18.2 Å². The summed E-state index contributed by atoms with van der Waals surface area (Å²) < 4.78 is 7.47. The van der Waals surface area contributed by atoms with Crippen molar-refractivity contribution in [1.82, 2.24) is 19.4 Å². The third-order valence-electron chi connectivity index (χ3n) is 7.81. The fourth-order valence-electron chi connectivity index (χ4n) is 6.19. The number of imidazole rings is 1. The molecule has 220 valence electrons. The third kappa shape index (κ3) is 7.98. The molecule has 39 heavy (non-hydrogen) atoms. The molecule has 0 saturated carbocycles. The number of ether oxygens (including phenoxy) is 1. The Hall–Kier alpha value is -2.58. The van der Waals surface area contributed by atoms with E-state index >= 15 is 0 Å². The van der Waals surface area contributed by atoms with Crippen LogP contribution in [-0.2, 0) is 31.8 Å². The Morgan fingerprint density at radius 1 is 1.03 bits per heavy atom. The molecule has 2 unspecified atom stereocenters. The SMILES string of the molecule is Cn1ccnc1C1(O)CC2CCC(C1)N2CC(C)(C)CN1CCOCC1.O=C(O)CC(O)(CC(=O)O)C(=O)O. The summed E-state index contributed by atoms with van der Waals surface area (Å²) in [5.41, 5.74) is -3.26. The predicted molar refractivity (Wildman–Crippen MR) is 138 cm³/mol. The van der Waals surface area contributed by atoms with Crippen LogP contribution in [-0.4, -0.2) is 120 Å². The van der Waals surface area contributed by atoms with Gasteiger partial charge in [-0.2, -0.15) is 0 Å².